The van der Waals surface area contributed by atoms with Crippen molar-refractivity contribution in [3.63, 3.8) is 0 Å². The van der Waals surface area contributed by atoms with Gasteiger partial charge >= 0.3 is 0 Å². The molecular formula is C21H25N5O5S. The largest absolute Gasteiger partial charge is 0.379 e. The van der Waals surface area contributed by atoms with E-state index in [-0.39, 0.29) is 10.8 Å². The summed E-state index contributed by atoms with van der Waals surface area (Å²) in [5, 5.41) is 0. The van der Waals surface area contributed by atoms with Gasteiger partial charge in [-0.15, -0.1) is 0 Å². The minimum Gasteiger partial charge on any atom is -0.379 e. The number of carbonyl (C=O) groups is 1. The first-order chi connectivity index (χ1) is 15.5. The summed E-state index contributed by atoms with van der Waals surface area (Å²) in [5.74, 6) is 0.505. The lowest BCUT2D eigenvalue weighted by Crippen LogP contribution is -2.40. The van der Waals surface area contributed by atoms with E-state index < -0.39 is 10.0 Å². The summed E-state index contributed by atoms with van der Waals surface area (Å²) in [5.41, 5.74) is 2.23. The van der Waals surface area contributed by atoms with Crippen LogP contribution in [0.25, 0.3) is 0 Å². The second-order valence-corrected chi connectivity index (χ2v) is 9.88. The monoisotopic (exact) mass is 459 g/mol. The zero-order chi connectivity index (χ0) is 22.1. The van der Waals surface area contributed by atoms with Gasteiger partial charge in [0, 0.05) is 50.0 Å². The lowest BCUT2D eigenvalue weighted by Gasteiger charge is -2.26. The lowest BCUT2D eigenvalue weighted by atomic mass is 10.2. The molecule has 3 aliphatic rings. The normalized spacial score (nSPS) is 19.8. The summed E-state index contributed by atoms with van der Waals surface area (Å²) in [4.78, 5) is 26.1. The van der Waals surface area contributed by atoms with Gasteiger partial charge < -0.3 is 19.3 Å². The second kappa shape index (κ2) is 8.74. The molecule has 3 aliphatic heterocycles. The van der Waals surface area contributed by atoms with E-state index in [2.05, 4.69) is 14.9 Å². The molecule has 1 aromatic carbocycles. The number of fused-ring (bicyclic) bond motifs is 1. The third-order valence-electron chi connectivity index (χ3n) is 5.93. The Hall–Kier alpha value is -2.60. The molecule has 11 heteroatoms. The molecule has 32 heavy (non-hydrogen) atoms. The highest BCUT2D eigenvalue weighted by Gasteiger charge is 2.29. The van der Waals surface area contributed by atoms with Crippen LogP contribution in [0.1, 0.15) is 21.6 Å². The topological polar surface area (TPSA) is 105 Å². The van der Waals surface area contributed by atoms with E-state index in [9.17, 15) is 13.2 Å². The van der Waals surface area contributed by atoms with E-state index >= 15 is 0 Å². The van der Waals surface area contributed by atoms with Crippen molar-refractivity contribution < 1.29 is 22.7 Å². The molecule has 0 spiro atoms. The van der Waals surface area contributed by atoms with Crippen LogP contribution in [0.4, 0.5) is 5.95 Å². The minimum absolute atomic E-state index is 0.161. The van der Waals surface area contributed by atoms with Crippen LogP contribution in [-0.2, 0) is 32.6 Å². The summed E-state index contributed by atoms with van der Waals surface area (Å²) < 4.78 is 37.6. The Morgan fingerprint density at radius 2 is 1.56 bits per heavy atom. The Morgan fingerprint density at radius 1 is 0.906 bits per heavy atom. The molecule has 0 bridgehead atoms. The van der Waals surface area contributed by atoms with Crippen molar-refractivity contribution in [2.75, 3.05) is 57.5 Å². The fourth-order valence-electron chi connectivity index (χ4n) is 4.09. The summed E-state index contributed by atoms with van der Waals surface area (Å²) in [7, 11) is -3.59. The molecule has 0 atom stereocenters. The molecule has 0 aliphatic carbocycles. The van der Waals surface area contributed by atoms with Crippen molar-refractivity contribution >= 4 is 21.9 Å². The third kappa shape index (κ3) is 4.08. The molecule has 2 aromatic rings. The van der Waals surface area contributed by atoms with Crippen molar-refractivity contribution in [1.29, 1.82) is 0 Å². The van der Waals surface area contributed by atoms with Gasteiger partial charge in [0.2, 0.25) is 16.0 Å². The molecule has 5 rings (SSSR count). The second-order valence-electron chi connectivity index (χ2n) is 7.94. The predicted molar refractivity (Wildman–Crippen MR) is 115 cm³/mol. The minimum atomic E-state index is -3.59. The molecule has 4 heterocycles. The van der Waals surface area contributed by atoms with Crippen LogP contribution in [0.15, 0.2) is 35.4 Å². The SMILES string of the molecule is O=C(c1ccc(S(=O)(=O)N2CCOCC2)cc1)N1Cc2cnc(N3CCOCC3)nc2C1. The van der Waals surface area contributed by atoms with Gasteiger partial charge in [0.05, 0.1) is 43.6 Å². The third-order valence-corrected chi connectivity index (χ3v) is 7.85. The van der Waals surface area contributed by atoms with E-state index in [1.54, 1.807) is 23.2 Å². The van der Waals surface area contributed by atoms with Crippen molar-refractivity contribution in [3.05, 3.63) is 47.3 Å². The molecule has 0 unspecified atom stereocenters. The number of sulfonamides is 1. The molecule has 1 aromatic heterocycles. The van der Waals surface area contributed by atoms with E-state index in [4.69, 9.17) is 9.47 Å². The van der Waals surface area contributed by atoms with E-state index in [0.717, 1.165) is 24.3 Å². The number of nitrogens with zero attached hydrogens (tertiary/aromatic N) is 5. The Kier molecular flexibility index (Phi) is 5.80. The maximum absolute atomic E-state index is 13.0. The zero-order valence-corrected chi connectivity index (χ0v) is 18.5. The number of aromatic nitrogens is 2. The first-order valence-corrected chi connectivity index (χ1v) is 12.1. The van der Waals surface area contributed by atoms with Crippen molar-refractivity contribution in [2.24, 2.45) is 0 Å². The van der Waals surface area contributed by atoms with E-state index in [1.165, 1.54) is 16.4 Å². The maximum Gasteiger partial charge on any atom is 0.254 e. The van der Waals surface area contributed by atoms with Gasteiger partial charge in [-0.25, -0.2) is 18.4 Å². The van der Waals surface area contributed by atoms with Crippen LogP contribution in [0.2, 0.25) is 0 Å². The first kappa shape index (κ1) is 21.3. The molecule has 170 valence electrons. The van der Waals surface area contributed by atoms with Crippen LogP contribution in [0.5, 0.6) is 0 Å². The first-order valence-electron chi connectivity index (χ1n) is 10.7. The summed E-state index contributed by atoms with van der Waals surface area (Å²) in [6, 6.07) is 6.14. The number of hydrogen-bond donors (Lipinski definition) is 0. The standard InChI is InChI=1S/C21H25N5O5S/c27-20(16-1-3-18(4-2-16)32(28,29)26-7-11-31-12-8-26)25-14-17-13-22-21(23-19(17)15-25)24-5-9-30-10-6-24/h1-4,13H,5-12,14-15H2. The van der Waals surface area contributed by atoms with Crippen molar-refractivity contribution in [1.82, 2.24) is 19.2 Å². The highest BCUT2D eigenvalue weighted by atomic mass is 32.2. The Balaban J connectivity index is 1.28. The van der Waals surface area contributed by atoms with Gasteiger partial charge in [-0.1, -0.05) is 0 Å². The lowest BCUT2D eigenvalue weighted by molar-refractivity contribution is 0.0730. The molecule has 2 saturated heterocycles. The number of rotatable bonds is 4. The summed E-state index contributed by atoms with van der Waals surface area (Å²) in [6.45, 7) is 5.11. The molecule has 0 saturated carbocycles. The predicted octanol–water partition coefficient (Wildman–Crippen LogP) is 0.490. The van der Waals surface area contributed by atoms with Crippen LogP contribution < -0.4 is 4.90 Å². The number of amides is 1. The number of carbonyl (C=O) groups excluding carboxylic acids is 1. The number of hydrogen-bond acceptors (Lipinski definition) is 8. The van der Waals surface area contributed by atoms with Gasteiger partial charge in [0.15, 0.2) is 0 Å². The van der Waals surface area contributed by atoms with Gasteiger partial charge in [0.1, 0.15) is 0 Å². The van der Waals surface area contributed by atoms with Gasteiger partial charge in [-0.05, 0) is 24.3 Å². The highest BCUT2D eigenvalue weighted by molar-refractivity contribution is 7.89. The number of benzene rings is 1. The average Bonchev–Trinajstić information content (AvgIpc) is 3.28. The van der Waals surface area contributed by atoms with Crippen LogP contribution in [0, 0.1) is 0 Å². The van der Waals surface area contributed by atoms with Gasteiger partial charge in [0.25, 0.3) is 5.91 Å². The Bertz CT molecular complexity index is 1100. The van der Waals surface area contributed by atoms with Crippen LogP contribution in [-0.4, -0.2) is 86.1 Å². The van der Waals surface area contributed by atoms with Gasteiger partial charge in [-0.2, -0.15) is 4.31 Å². The zero-order valence-electron chi connectivity index (χ0n) is 17.6. The number of morpholine rings is 2. The molecule has 1 amide bonds. The molecule has 0 N–H and O–H groups in total. The van der Waals surface area contributed by atoms with Crippen molar-refractivity contribution in [3.8, 4) is 0 Å². The Morgan fingerprint density at radius 3 is 2.25 bits per heavy atom. The fraction of sp³-hybridized carbons (Fsp3) is 0.476. The number of ether oxygens (including phenoxy) is 2. The van der Waals surface area contributed by atoms with Crippen LogP contribution in [0.3, 0.4) is 0 Å². The summed E-state index contributed by atoms with van der Waals surface area (Å²) in [6.07, 6.45) is 1.79. The van der Waals surface area contributed by atoms with E-state index in [0.29, 0.717) is 64.1 Å². The van der Waals surface area contributed by atoms with E-state index in [1.807, 2.05) is 0 Å². The highest BCUT2D eigenvalue weighted by Crippen LogP contribution is 2.25. The molecular weight excluding hydrogens is 434 g/mol. The Labute approximate surface area is 186 Å². The molecule has 2 fully saturated rings. The average molecular weight is 460 g/mol. The maximum atomic E-state index is 13.0. The van der Waals surface area contributed by atoms with Gasteiger partial charge in [-0.3, -0.25) is 4.79 Å². The molecule has 0 radical (unpaired) electrons. The quantitative estimate of drug-likeness (QED) is 0.651. The summed E-state index contributed by atoms with van der Waals surface area (Å²) >= 11 is 0. The smallest absolute Gasteiger partial charge is 0.254 e. The number of anilines is 1. The molecule has 10 nitrogen and oxygen atoms in total. The fourth-order valence-corrected chi connectivity index (χ4v) is 5.50. The van der Waals surface area contributed by atoms with Crippen LogP contribution >= 0.6 is 0 Å². The van der Waals surface area contributed by atoms with Crippen molar-refractivity contribution in [2.45, 2.75) is 18.0 Å².